The van der Waals surface area contributed by atoms with Crippen LogP contribution in [-0.2, 0) is 14.8 Å². The van der Waals surface area contributed by atoms with Gasteiger partial charge in [0.05, 0.1) is 23.3 Å². The molecule has 76 valence electrons. The highest BCUT2D eigenvalue weighted by molar-refractivity contribution is 14.1. The average molecular weight is 318 g/mol. The highest BCUT2D eigenvalue weighted by Crippen LogP contribution is 2.32. The number of hydrogen-bond donors (Lipinski definition) is 1. The van der Waals surface area contributed by atoms with Crippen molar-refractivity contribution in [2.45, 2.75) is 15.3 Å². The van der Waals surface area contributed by atoms with Crippen molar-refractivity contribution >= 4 is 32.6 Å². The van der Waals surface area contributed by atoms with Crippen molar-refractivity contribution in [1.29, 1.82) is 0 Å². The Hall–Kier alpha value is 0.560. The standard InChI is InChI=1S/C6H11IN2O3S/c7-6-5(13(8,10)11)1-9(6)4-2-12-3-4/h4-6H,1-3H2,(H2,8,10,11). The Morgan fingerprint density at radius 2 is 2.08 bits per heavy atom. The first-order valence-corrected chi connectivity index (χ1v) is 6.85. The van der Waals surface area contributed by atoms with Crippen LogP contribution in [0.5, 0.6) is 0 Å². The zero-order chi connectivity index (χ0) is 9.64. The van der Waals surface area contributed by atoms with E-state index in [2.05, 4.69) is 27.5 Å². The maximum absolute atomic E-state index is 11.0. The molecule has 13 heavy (non-hydrogen) atoms. The molecule has 2 heterocycles. The van der Waals surface area contributed by atoms with Gasteiger partial charge in [0.15, 0.2) is 0 Å². The molecule has 0 radical (unpaired) electrons. The summed E-state index contributed by atoms with van der Waals surface area (Å²) in [5, 5.41) is 4.67. The van der Waals surface area contributed by atoms with Crippen LogP contribution in [0, 0.1) is 0 Å². The van der Waals surface area contributed by atoms with Crippen molar-refractivity contribution in [3.8, 4) is 0 Å². The Morgan fingerprint density at radius 1 is 1.46 bits per heavy atom. The Bertz CT molecular complexity index is 303. The van der Waals surface area contributed by atoms with Crippen LogP contribution in [0.4, 0.5) is 0 Å². The minimum atomic E-state index is -3.36. The highest BCUT2D eigenvalue weighted by Gasteiger charge is 2.48. The molecule has 5 nitrogen and oxygen atoms in total. The molecule has 2 aliphatic rings. The van der Waals surface area contributed by atoms with Crippen LogP contribution >= 0.6 is 22.6 Å². The van der Waals surface area contributed by atoms with Gasteiger partial charge in [0.1, 0.15) is 5.25 Å². The van der Waals surface area contributed by atoms with Gasteiger partial charge in [-0.25, -0.2) is 13.6 Å². The van der Waals surface area contributed by atoms with E-state index in [9.17, 15) is 8.42 Å². The molecule has 0 aromatic rings. The molecule has 2 aliphatic heterocycles. The summed E-state index contributed by atoms with van der Waals surface area (Å²) in [5.74, 6) is 0. The first kappa shape index (κ1) is 10.1. The van der Waals surface area contributed by atoms with E-state index < -0.39 is 15.3 Å². The van der Waals surface area contributed by atoms with Gasteiger partial charge in [-0.2, -0.15) is 0 Å². The van der Waals surface area contributed by atoms with Gasteiger partial charge in [-0.1, -0.05) is 22.6 Å². The molecular weight excluding hydrogens is 307 g/mol. The number of likely N-dealkylation sites (tertiary alicyclic amines) is 1. The van der Waals surface area contributed by atoms with Gasteiger partial charge in [0.25, 0.3) is 0 Å². The molecule has 0 amide bonds. The van der Waals surface area contributed by atoms with Gasteiger partial charge >= 0.3 is 0 Å². The summed E-state index contributed by atoms with van der Waals surface area (Å²) in [6, 6.07) is 0.403. The third-order valence-corrected chi connectivity index (χ3v) is 5.85. The molecule has 0 bridgehead atoms. The minimum absolute atomic E-state index is 0.0153. The predicted octanol–water partition coefficient (Wildman–Crippen LogP) is -0.881. The second kappa shape index (κ2) is 3.30. The predicted molar refractivity (Wildman–Crippen MR) is 56.0 cm³/mol. The van der Waals surface area contributed by atoms with E-state index in [1.54, 1.807) is 0 Å². The molecule has 0 spiro atoms. The summed E-state index contributed by atoms with van der Waals surface area (Å²) >= 11 is 2.13. The molecule has 2 saturated heterocycles. The van der Waals surface area contributed by atoms with Gasteiger partial charge in [-0.3, -0.25) is 4.90 Å². The lowest BCUT2D eigenvalue weighted by Gasteiger charge is -2.50. The maximum Gasteiger partial charge on any atom is 0.215 e. The SMILES string of the molecule is NS(=O)(=O)C1CN(C2COC2)C1I. The Morgan fingerprint density at radius 3 is 2.38 bits per heavy atom. The molecule has 0 aliphatic carbocycles. The summed E-state index contributed by atoms with van der Waals surface area (Å²) in [5.41, 5.74) is 0. The number of rotatable bonds is 2. The van der Waals surface area contributed by atoms with Gasteiger partial charge in [-0.05, 0) is 0 Å². The summed E-state index contributed by atoms with van der Waals surface area (Å²) in [6.45, 7) is 1.99. The number of sulfonamides is 1. The molecule has 7 heteroatoms. The van der Waals surface area contributed by atoms with Crippen molar-refractivity contribution in [2.24, 2.45) is 5.14 Å². The lowest BCUT2D eigenvalue weighted by Crippen LogP contribution is -2.68. The fourth-order valence-electron chi connectivity index (χ4n) is 1.50. The van der Waals surface area contributed by atoms with E-state index in [1.165, 1.54) is 0 Å². The maximum atomic E-state index is 11.0. The van der Waals surface area contributed by atoms with Gasteiger partial charge in [-0.15, -0.1) is 0 Å². The van der Waals surface area contributed by atoms with Crippen molar-refractivity contribution in [1.82, 2.24) is 4.90 Å². The Kier molecular flexibility index (Phi) is 2.56. The number of halogens is 1. The van der Waals surface area contributed by atoms with E-state index in [0.29, 0.717) is 12.6 Å². The zero-order valence-corrected chi connectivity index (χ0v) is 9.86. The molecule has 2 unspecified atom stereocenters. The van der Waals surface area contributed by atoms with Gasteiger partial charge < -0.3 is 4.74 Å². The normalized spacial score (nSPS) is 36.8. The molecule has 0 aromatic carbocycles. The second-order valence-electron chi connectivity index (χ2n) is 3.39. The summed E-state index contributed by atoms with van der Waals surface area (Å²) in [7, 11) is -3.36. The topological polar surface area (TPSA) is 72.6 Å². The number of hydrogen-bond acceptors (Lipinski definition) is 4. The largest absolute Gasteiger partial charge is 0.378 e. The van der Waals surface area contributed by atoms with Crippen molar-refractivity contribution in [3.63, 3.8) is 0 Å². The number of primary sulfonamides is 1. The van der Waals surface area contributed by atoms with Crippen LogP contribution in [0.2, 0.25) is 0 Å². The van der Waals surface area contributed by atoms with Crippen LogP contribution in [0.3, 0.4) is 0 Å². The minimum Gasteiger partial charge on any atom is -0.378 e. The summed E-state index contributed by atoms with van der Waals surface area (Å²) in [6.07, 6.45) is 0. The molecule has 2 atom stereocenters. The average Bonchev–Trinajstić information content (AvgIpc) is 1.89. The third-order valence-electron chi connectivity index (χ3n) is 2.53. The zero-order valence-electron chi connectivity index (χ0n) is 6.89. The van der Waals surface area contributed by atoms with Crippen molar-refractivity contribution in [2.75, 3.05) is 19.8 Å². The Balaban J connectivity index is 1.96. The smallest absolute Gasteiger partial charge is 0.215 e. The van der Waals surface area contributed by atoms with Crippen LogP contribution in [0.25, 0.3) is 0 Å². The van der Waals surface area contributed by atoms with Crippen LogP contribution in [0.1, 0.15) is 0 Å². The van der Waals surface area contributed by atoms with E-state index in [0.717, 1.165) is 13.2 Å². The fraction of sp³-hybridized carbons (Fsp3) is 1.00. The molecule has 2 N–H and O–H groups in total. The lowest BCUT2D eigenvalue weighted by molar-refractivity contribution is -0.0867. The first-order chi connectivity index (χ1) is 6.00. The summed E-state index contributed by atoms with van der Waals surface area (Å²) in [4.78, 5) is 2.12. The second-order valence-corrected chi connectivity index (χ2v) is 6.45. The first-order valence-electron chi connectivity index (χ1n) is 3.99. The molecule has 0 saturated carbocycles. The van der Waals surface area contributed by atoms with Gasteiger partial charge in [0, 0.05) is 6.54 Å². The third kappa shape index (κ3) is 1.72. The quantitative estimate of drug-likeness (QED) is 0.408. The number of nitrogens with two attached hydrogens (primary N) is 1. The van der Waals surface area contributed by atoms with E-state index in [-0.39, 0.29) is 4.05 Å². The van der Waals surface area contributed by atoms with Crippen molar-refractivity contribution < 1.29 is 13.2 Å². The fourth-order valence-corrected chi connectivity index (χ4v) is 4.48. The highest BCUT2D eigenvalue weighted by atomic mass is 127. The lowest BCUT2D eigenvalue weighted by atomic mass is 10.1. The van der Waals surface area contributed by atoms with Crippen molar-refractivity contribution in [3.05, 3.63) is 0 Å². The molecule has 2 fully saturated rings. The Labute approximate surface area is 90.8 Å². The van der Waals surface area contributed by atoms with E-state index >= 15 is 0 Å². The number of alkyl halides is 1. The molecule has 0 aromatic heterocycles. The van der Waals surface area contributed by atoms with Crippen LogP contribution < -0.4 is 5.14 Å². The van der Waals surface area contributed by atoms with Gasteiger partial charge in [0.2, 0.25) is 10.0 Å². The monoisotopic (exact) mass is 318 g/mol. The van der Waals surface area contributed by atoms with Crippen LogP contribution in [-0.4, -0.2) is 48.4 Å². The molecule has 2 rings (SSSR count). The van der Waals surface area contributed by atoms with E-state index in [1.807, 2.05) is 0 Å². The molecular formula is C6H11IN2O3S. The number of nitrogens with zero attached hydrogens (tertiary/aromatic N) is 1. The number of ether oxygens (including phenoxy) is 1. The van der Waals surface area contributed by atoms with E-state index in [4.69, 9.17) is 9.88 Å². The summed E-state index contributed by atoms with van der Waals surface area (Å²) < 4.78 is 27.1. The van der Waals surface area contributed by atoms with Crippen LogP contribution in [0.15, 0.2) is 0 Å².